The number of nitrogens with two attached hydrogens (primary N) is 2. The molecule has 0 atom stereocenters. The fourth-order valence-electron chi connectivity index (χ4n) is 2.78. The van der Waals surface area contributed by atoms with Crippen LogP contribution in [0.4, 0.5) is 5.69 Å². The van der Waals surface area contributed by atoms with Crippen molar-refractivity contribution in [3.63, 3.8) is 0 Å². The van der Waals surface area contributed by atoms with Gasteiger partial charge >= 0.3 is 0 Å². The van der Waals surface area contributed by atoms with E-state index in [0.717, 1.165) is 24.0 Å². The van der Waals surface area contributed by atoms with Gasteiger partial charge in [-0.3, -0.25) is 5.01 Å². The van der Waals surface area contributed by atoms with Crippen LogP contribution in [0, 0.1) is 0 Å². The van der Waals surface area contributed by atoms with Crippen LogP contribution in [0.1, 0.15) is 6.42 Å². The van der Waals surface area contributed by atoms with Gasteiger partial charge in [0, 0.05) is 11.9 Å². The smallest absolute Gasteiger partial charge is 0.0568 e. The highest BCUT2D eigenvalue weighted by molar-refractivity contribution is 7.73. The Morgan fingerprint density at radius 1 is 0.769 bits per heavy atom. The summed E-state index contributed by atoms with van der Waals surface area (Å²) >= 11 is 0. The second-order valence-electron chi connectivity index (χ2n) is 6.02. The molecule has 3 aromatic carbocycles. The predicted molar refractivity (Wildman–Crippen MR) is 114 cm³/mol. The van der Waals surface area contributed by atoms with Gasteiger partial charge in [0.2, 0.25) is 0 Å². The predicted octanol–water partition coefficient (Wildman–Crippen LogP) is 3.69. The van der Waals surface area contributed by atoms with Crippen LogP contribution < -0.4 is 27.2 Å². The molecule has 0 fully saturated rings. The normalized spacial score (nSPS) is 11.5. The van der Waals surface area contributed by atoms with Crippen LogP contribution in [0.25, 0.3) is 0 Å². The first kappa shape index (κ1) is 18.2. The molecular weight excluding hydrogens is 337 g/mol. The molecule has 0 unspecified atom stereocenters. The van der Waals surface area contributed by atoms with Crippen LogP contribution in [0.3, 0.4) is 0 Å². The molecule has 4 N–H and O–H groups in total. The summed E-state index contributed by atoms with van der Waals surface area (Å²) in [7, 11) is -0.443. The van der Waals surface area contributed by atoms with Gasteiger partial charge in [-0.05, 0) is 43.2 Å². The van der Waals surface area contributed by atoms with Gasteiger partial charge in [0.15, 0.2) is 0 Å². The molecule has 0 saturated heterocycles. The standard InChI is InChI=1S/C22H24N3P/c23-19(18-25(24)20-10-4-1-5-11-20)16-17-26(21-12-6-2-7-13-21)22-14-8-3-9-15-22/h1-15,18H,16-17,23-24H2/b19-18-. The third-order valence-corrected chi connectivity index (χ3v) is 6.63. The minimum atomic E-state index is -0.443. The minimum Gasteiger partial charge on any atom is -0.401 e. The molecule has 0 aliphatic carbocycles. The van der Waals surface area contributed by atoms with Gasteiger partial charge < -0.3 is 5.73 Å². The van der Waals surface area contributed by atoms with Crippen LogP contribution in [-0.4, -0.2) is 6.16 Å². The third-order valence-electron chi connectivity index (χ3n) is 4.12. The van der Waals surface area contributed by atoms with Crippen LogP contribution in [0.2, 0.25) is 0 Å². The second kappa shape index (κ2) is 9.19. The van der Waals surface area contributed by atoms with Gasteiger partial charge in [-0.2, -0.15) is 0 Å². The molecule has 0 spiro atoms. The largest absolute Gasteiger partial charge is 0.401 e. The number of para-hydroxylation sites is 1. The topological polar surface area (TPSA) is 55.3 Å². The fraction of sp³-hybridized carbons (Fsp3) is 0.0909. The van der Waals surface area contributed by atoms with E-state index in [1.807, 2.05) is 36.5 Å². The van der Waals surface area contributed by atoms with Crippen molar-refractivity contribution in [2.24, 2.45) is 11.6 Å². The number of nitrogens with zero attached hydrogens (tertiary/aromatic N) is 1. The average Bonchev–Trinajstić information content (AvgIpc) is 2.70. The van der Waals surface area contributed by atoms with Gasteiger partial charge in [-0.15, -0.1) is 0 Å². The van der Waals surface area contributed by atoms with Crippen LogP contribution in [0.15, 0.2) is 103 Å². The Bertz CT molecular complexity index is 780. The Balaban J connectivity index is 1.73. The Kier molecular flexibility index (Phi) is 6.43. The summed E-state index contributed by atoms with van der Waals surface area (Å²) in [6.45, 7) is 0. The highest BCUT2D eigenvalue weighted by Crippen LogP contribution is 2.34. The highest BCUT2D eigenvalue weighted by atomic mass is 31.1. The van der Waals surface area contributed by atoms with Crippen molar-refractivity contribution in [2.45, 2.75) is 6.42 Å². The zero-order valence-corrected chi connectivity index (χ0v) is 15.6. The summed E-state index contributed by atoms with van der Waals surface area (Å²) in [6.07, 6.45) is 3.61. The van der Waals surface area contributed by atoms with Crippen LogP contribution in [0.5, 0.6) is 0 Å². The minimum absolute atomic E-state index is 0.443. The molecule has 0 bridgehead atoms. The number of hydrogen-bond acceptors (Lipinski definition) is 3. The molecule has 0 saturated carbocycles. The number of rotatable bonds is 7. The molecule has 3 nitrogen and oxygen atoms in total. The van der Waals surface area contributed by atoms with E-state index in [1.54, 1.807) is 5.01 Å². The number of anilines is 1. The van der Waals surface area contributed by atoms with Crippen molar-refractivity contribution in [1.29, 1.82) is 0 Å². The van der Waals surface area contributed by atoms with E-state index in [1.165, 1.54) is 10.6 Å². The molecular formula is C22H24N3P. The maximum atomic E-state index is 6.27. The summed E-state index contributed by atoms with van der Waals surface area (Å²) in [5, 5.41) is 4.33. The first-order valence-electron chi connectivity index (χ1n) is 8.67. The highest BCUT2D eigenvalue weighted by Gasteiger charge is 2.13. The summed E-state index contributed by atoms with van der Waals surface area (Å²) in [5.41, 5.74) is 7.97. The lowest BCUT2D eigenvalue weighted by atomic mass is 10.3. The van der Waals surface area contributed by atoms with E-state index >= 15 is 0 Å². The van der Waals surface area contributed by atoms with Crippen molar-refractivity contribution in [3.05, 3.63) is 103 Å². The molecule has 3 aromatic rings. The molecule has 0 radical (unpaired) electrons. The number of benzene rings is 3. The molecule has 0 aliphatic heterocycles. The van der Waals surface area contributed by atoms with E-state index < -0.39 is 7.92 Å². The maximum absolute atomic E-state index is 6.27. The number of allylic oxidation sites excluding steroid dienone is 1. The lowest BCUT2D eigenvalue weighted by molar-refractivity contribution is 0.999. The first-order valence-corrected chi connectivity index (χ1v) is 10.2. The number of hydrazine groups is 1. The van der Waals surface area contributed by atoms with E-state index in [-0.39, 0.29) is 0 Å². The summed E-state index contributed by atoms with van der Waals surface area (Å²) in [6, 6.07) is 31.2. The van der Waals surface area contributed by atoms with Crippen molar-refractivity contribution in [3.8, 4) is 0 Å². The van der Waals surface area contributed by atoms with Crippen molar-refractivity contribution in [2.75, 3.05) is 11.2 Å². The van der Waals surface area contributed by atoms with Gasteiger partial charge in [-0.25, -0.2) is 5.84 Å². The van der Waals surface area contributed by atoms with Gasteiger partial charge in [-0.1, -0.05) is 78.9 Å². The summed E-state index contributed by atoms with van der Waals surface area (Å²) < 4.78 is 0. The summed E-state index contributed by atoms with van der Waals surface area (Å²) in [5.74, 6) is 6.11. The molecule has 3 rings (SSSR count). The maximum Gasteiger partial charge on any atom is 0.0568 e. The zero-order chi connectivity index (χ0) is 18.2. The second-order valence-corrected chi connectivity index (χ2v) is 8.36. The van der Waals surface area contributed by atoms with Gasteiger partial charge in [0.25, 0.3) is 0 Å². The fourth-order valence-corrected chi connectivity index (χ4v) is 5.14. The lowest BCUT2D eigenvalue weighted by Gasteiger charge is -2.20. The molecule has 132 valence electrons. The van der Waals surface area contributed by atoms with E-state index in [0.29, 0.717) is 0 Å². The Hall–Kier alpha value is -2.61. The molecule has 26 heavy (non-hydrogen) atoms. The quantitative estimate of drug-likeness (QED) is 0.383. The summed E-state index contributed by atoms with van der Waals surface area (Å²) in [4.78, 5) is 0. The SMILES string of the molecule is N/C(=C\N(N)c1ccccc1)CCP(c1ccccc1)c1ccccc1. The monoisotopic (exact) mass is 361 g/mol. The molecule has 0 heterocycles. The van der Waals surface area contributed by atoms with Gasteiger partial charge in [0.05, 0.1) is 5.69 Å². The lowest BCUT2D eigenvalue weighted by Crippen LogP contribution is -2.26. The molecule has 0 aliphatic rings. The van der Waals surface area contributed by atoms with E-state index in [4.69, 9.17) is 11.6 Å². The average molecular weight is 361 g/mol. The Morgan fingerprint density at radius 3 is 1.73 bits per heavy atom. The van der Waals surface area contributed by atoms with Crippen LogP contribution >= 0.6 is 7.92 Å². The number of hydrogen-bond donors (Lipinski definition) is 2. The molecule has 0 aromatic heterocycles. The zero-order valence-electron chi connectivity index (χ0n) is 14.7. The van der Waals surface area contributed by atoms with Crippen molar-refractivity contribution >= 4 is 24.2 Å². The van der Waals surface area contributed by atoms with Gasteiger partial charge in [0.1, 0.15) is 0 Å². The Morgan fingerprint density at radius 2 is 1.23 bits per heavy atom. The Labute approximate surface area is 156 Å². The van der Waals surface area contributed by atoms with Crippen molar-refractivity contribution < 1.29 is 0 Å². The van der Waals surface area contributed by atoms with Crippen molar-refractivity contribution in [1.82, 2.24) is 0 Å². The van der Waals surface area contributed by atoms with Crippen LogP contribution in [-0.2, 0) is 0 Å². The third kappa shape index (κ3) is 4.95. The molecule has 0 amide bonds. The first-order chi connectivity index (χ1) is 12.7. The van der Waals surface area contributed by atoms with E-state index in [9.17, 15) is 0 Å². The molecule has 4 heteroatoms. The van der Waals surface area contributed by atoms with E-state index in [2.05, 4.69) is 60.7 Å².